The van der Waals surface area contributed by atoms with Crippen molar-refractivity contribution in [3.63, 3.8) is 0 Å². The molecule has 4 heteroatoms. The minimum Gasteiger partial charge on any atom is -0.389 e. The molecular weight excluding hydrogens is 168 g/mol. The van der Waals surface area contributed by atoms with Gasteiger partial charge in [-0.15, -0.1) is 0 Å². The number of β-amino-alcohol motifs (C(OH)–C–C–N with tert-alkyl or cyclic N) is 1. The molecule has 76 valence electrons. The molecular formula is C9H18N2O2. The van der Waals surface area contributed by atoms with Gasteiger partial charge in [-0.1, -0.05) is 20.3 Å². The summed E-state index contributed by atoms with van der Waals surface area (Å²) < 4.78 is 0. The number of nitrogens with zero attached hydrogens (tertiary/aromatic N) is 1. The number of hydrogen-bond acceptors (Lipinski definition) is 3. The van der Waals surface area contributed by atoms with Crippen molar-refractivity contribution in [3.8, 4) is 0 Å². The Morgan fingerprint density at radius 3 is 2.62 bits per heavy atom. The van der Waals surface area contributed by atoms with Gasteiger partial charge >= 0.3 is 0 Å². The summed E-state index contributed by atoms with van der Waals surface area (Å²) >= 11 is 0. The number of carbonyl (C=O) groups is 1. The molecule has 0 aromatic carbocycles. The van der Waals surface area contributed by atoms with E-state index in [0.717, 1.165) is 6.42 Å². The molecule has 1 amide bonds. The molecule has 4 nitrogen and oxygen atoms in total. The first-order valence-electron chi connectivity index (χ1n) is 4.78. The zero-order valence-electron chi connectivity index (χ0n) is 8.23. The van der Waals surface area contributed by atoms with Gasteiger partial charge in [-0.2, -0.15) is 0 Å². The number of hydrogen-bond donors (Lipinski definition) is 2. The monoisotopic (exact) mass is 186 g/mol. The van der Waals surface area contributed by atoms with Crippen LogP contribution in [0.15, 0.2) is 0 Å². The van der Waals surface area contributed by atoms with Crippen LogP contribution in [-0.2, 0) is 4.79 Å². The van der Waals surface area contributed by atoms with Crippen molar-refractivity contribution in [2.24, 2.45) is 11.7 Å². The van der Waals surface area contributed by atoms with E-state index in [4.69, 9.17) is 10.8 Å². The van der Waals surface area contributed by atoms with E-state index in [2.05, 4.69) is 0 Å². The first-order chi connectivity index (χ1) is 6.06. The molecule has 1 aliphatic heterocycles. The van der Waals surface area contributed by atoms with Crippen LogP contribution in [0.25, 0.3) is 0 Å². The lowest BCUT2D eigenvalue weighted by molar-refractivity contribution is -0.143. The van der Waals surface area contributed by atoms with Gasteiger partial charge in [0.1, 0.15) is 0 Å². The molecule has 2 unspecified atom stereocenters. The SMILES string of the molecule is CCC(C)C(N)C(=O)N1CC(O)C1. The number of aliphatic hydroxyl groups is 1. The maximum atomic E-state index is 11.6. The molecule has 0 radical (unpaired) electrons. The number of nitrogens with two attached hydrogens (primary N) is 1. The second-order valence-corrected chi connectivity index (χ2v) is 3.81. The third-order valence-electron chi connectivity index (χ3n) is 2.72. The highest BCUT2D eigenvalue weighted by atomic mass is 16.3. The molecule has 3 N–H and O–H groups in total. The van der Waals surface area contributed by atoms with E-state index in [1.54, 1.807) is 4.90 Å². The van der Waals surface area contributed by atoms with Gasteiger partial charge in [0.15, 0.2) is 0 Å². The van der Waals surface area contributed by atoms with E-state index in [1.807, 2.05) is 13.8 Å². The van der Waals surface area contributed by atoms with Gasteiger partial charge in [0.2, 0.25) is 5.91 Å². The summed E-state index contributed by atoms with van der Waals surface area (Å²) in [5.74, 6) is 0.185. The number of carbonyl (C=O) groups excluding carboxylic acids is 1. The largest absolute Gasteiger partial charge is 0.389 e. The summed E-state index contributed by atoms with van der Waals surface area (Å²) in [6.07, 6.45) is 0.566. The van der Waals surface area contributed by atoms with E-state index in [9.17, 15) is 4.79 Å². The second-order valence-electron chi connectivity index (χ2n) is 3.81. The third-order valence-corrected chi connectivity index (χ3v) is 2.72. The van der Waals surface area contributed by atoms with Crippen molar-refractivity contribution >= 4 is 5.91 Å². The summed E-state index contributed by atoms with van der Waals surface area (Å²) in [4.78, 5) is 13.2. The lowest BCUT2D eigenvalue weighted by Crippen LogP contribution is -2.59. The fraction of sp³-hybridized carbons (Fsp3) is 0.889. The Hall–Kier alpha value is -0.610. The third kappa shape index (κ3) is 2.19. The van der Waals surface area contributed by atoms with E-state index in [0.29, 0.717) is 13.1 Å². The molecule has 0 saturated carbocycles. The van der Waals surface area contributed by atoms with Crippen LogP contribution < -0.4 is 5.73 Å². The van der Waals surface area contributed by atoms with Gasteiger partial charge < -0.3 is 15.7 Å². The quantitative estimate of drug-likeness (QED) is 0.628. The highest BCUT2D eigenvalue weighted by Crippen LogP contribution is 2.13. The predicted octanol–water partition coefficient (Wildman–Crippen LogP) is -0.437. The lowest BCUT2D eigenvalue weighted by atomic mass is 9.97. The molecule has 2 atom stereocenters. The van der Waals surface area contributed by atoms with Crippen LogP contribution in [0.2, 0.25) is 0 Å². The standard InChI is InChI=1S/C9H18N2O2/c1-3-6(2)8(10)9(13)11-4-7(12)5-11/h6-8,12H,3-5,10H2,1-2H3. The molecule has 1 saturated heterocycles. The van der Waals surface area contributed by atoms with Crippen molar-refractivity contribution in [1.82, 2.24) is 4.90 Å². The summed E-state index contributed by atoms with van der Waals surface area (Å²) in [7, 11) is 0. The van der Waals surface area contributed by atoms with E-state index in [-0.39, 0.29) is 17.9 Å². The molecule has 0 bridgehead atoms. The van der Waals surface area contributed by atoms with E-state index < -0.39 is 6.04 Å². The van der Waals surface area contributed by atoms with Gasteiger partial charge in [0.05, 0.1) is 12.1 Å². The van der Waals surface area contributed by atoms with Gasteiger partial charge in [0.25, 0.3) is 0 Å². The topological polar surface area (TPSA) is 66.6 Å². The van der Waals surface area contributed by atoms with Gasteiger partial charge in [-0.05, 0) is 5.92 Å². The van der Waals surface area contributed by atoms with Crippen molar-refractivity contribution in [3.05, 3.63) is 0 Å². The van der Waals surface area contributed by atoms with Crippen molar-refractivity contribution < 1.29 is 9.90 Å². The van der Waals surface area contributed by atoms with Crippen LogP contribution in [-0.4, -0.2) is 41.1 Å². The number of aliphatic hydroxyl groups excluding tert-OH is 1. The predicted molar refractivity (Wildman–Crippen MR) is 50.0 cm³/mol. The van der Waals surface area contributed by atoms with Crippen molar-refractivity contribution in [2.75, 3.05) is 13.1 Å². The number of rotatable bonds is 3. The first-order valence-corrected chi connectivity index (χ1v) is 4.78. The summed E-state index contributed by atoms with van der Waals surface area (Å²) in [6, 6.07) is -0.405. The zero-order valence-corrected chi connectivity index (χ0v) is 8.23. The van der Waals surface area contributed by atoms with Crippen LogP contribution >= 0.6 is 0 Å². The summed E-state index contributed by atoms with van der Waals surface area (Å²) in [5.41, 5.74) is 5.75. The molecule has 0 spiro atoms. The summed E-state index contributed by atoms with van der Waals surface area (Å²) in [6.45, 7) is 4.88. The Balaban J connectivity index is 2.39. The Kier molecular flexibility index (Phi) is 3.27. The smallest absolute Gasteiger partial charge is 0.239 e. The molecule has 1 aliphatic rings. The lowest BCUT2D eigenvalue weighted by Gasteiger charge is -2.38. The van der Waals surface area contributed by atoms with E-state index >= 15 is 0 Å². The molecule has 0 aliphatic carbocycles. The number of amides is 1. The van der Waals surface area contributed by atoms with Crippen LogP contribution in [0.1, 0.15) is 20.3 Å². The van der Waals surface area contributed by atoms with Crippen molar-refractivity contribution in [1.29, 1.82) is 0 Å². The van der Waals surface area contributed by atoms with Crippen molar-refractivity contribution in [2.45, 2.75) is 32.4 Å². The van der Waals surface area contributed by atoms with Gasteiger partial charge in [0, 0.05) is 13.1 Å². The number of likely N-dealkylation sites (tertiary alicyclic amines) is 1. The Morgan fingerprint density at radius 2 is 2.23 bits per heavy atom. The van der Waals surface area contributed by atoms with Crippen LogP contribution in [0.3, 0.4) is 0 Å². The second kappa shape index (κ2) is 4.07. The fourth-order valence-corrected chi connectivity index (χ4v) is 1.34. The van der Waals surface area contributed by atoms with Gasteiger partial charge in [-0.3, -0.25) is 4.79 Å². The molecule has 0 aromatic rings. The zero-order chi connectivity index (χ0) is 10.0. The highest BCUT2D eigenvalue weighted by Gasteiger charge is 2.33. The maximum absolute atomic E-state index is 11.6. The summed E-state index contributed by atoms with van der Waals surface area (Å²) in [5, 5.41) is 9.01. The van der Waals surface area contributed by atoms with Gasteiger partial charge in [-0.25, -0.2) is 0 Å². The first kappa shape index (κ1) is 10.5. The van der Waals surface area contributed by atoms with Crippen LogP contribution in [0.5, 0.6) is 0 Å². The van der Waals surface area contributed by atoms with Crippen LogP contribution in [0.4, 0.5) is 0 Å². The molecule has 1 fully saturated rings. The molecule has 13 heavy (non-hydrogen) atoms. The minimum atomic E-state index is -0.405. The molecule has 1 heterocycles. The molecule has 1 rings (SSSR count). The Labute approximate surface area is 78.7 Å². The minimum absolute atomic E-state index is 0.0281. The fourth-order valence-electron chi connectivity index (χ4n) is 1.34. The van der Waals surface area contributed by atoms with E-state index in [1.165, 1.54) is 0 Å². The average Bonchev–Trinajstić information content (AvgIpc) is 2.09. The van der Waals surface area contributed by atoms with Crippen LogP contribution in [0, 0.1) is 5.92 Å². The maximum Gasteiger partial charge on any atom is 0.239 e. The Morgan fingerprint density at radius 1 is 1.69 bits per heavy atom. The molecule has 0 aromatic heterocycles. The average molecular weight is 186 g/mol. The normalized spacial score (nSPS) is 22.3. The highest BCUT2D eigenvalue weighted by molar-refractivity contribution is 5.82. The Bertz CT molecular complexity index is 190.